The lowest BCUT2D eigenvalue weighted by molar-refractivity contribution is 0.113. The minimum absolute atomic E-state index is 0.146. The highest BCUT2D eigenvalue weighted by molar-refractivity contribution is 4.67. The first-order valence-corrected chi connectivity index (χ1v) is 2.71. The first-order valence-electron chi connectivity index (χ1n) is 2.71. The first kappa shape index (κ1) is 7.45. The molecule has 0 aromatic rings. The lowest BCUT2D eigenvalue weighted by Crippen LogP contribution is -2.11. The SMILES string of the molecule is [C-]#[N+]CC(CC)OC. The molecule has 0 saturated heterocycles. The Labute approximate surface area is 50.3 Å². The van der Waals surface area contributed by atoms with Crippen LogP contribution in [0, 0.1) is 6.57 Å². The smallest absolute Gasteiger partial charge is 0.240 e. The van der Waals surface area contributed by atoms with Crippen molar-refractivity contribution in [1.82, 2.24) is 0 Å². The quantitative estimate of drug-likeness (QED) is 0.503. The van der Waals surface area contributed by atoms with Crippen LogP contribution in [0.4, 0.5) is 0 Å². The van der Waals surface area contributed by atoms with Crippen LogP contribution in [-0.4, -0.2) is 19.8 Å². The zero-order valence-corrected chi connectivity index (χ0v) is 5.35. The van der Waals surface area contributed by atoms with Gasteiger partial charge in [-0.1, -0.05) is 6.92 Å². The monoisotopic (exact) mass is 113 g/mol. The van der Waals surface area contributed by atoms with Crippen LogP contribution < -0.4 is 0 Å². The van der Waals surface area contributed by atoms with E-state index in [-0.39, 0.29) is 6.10 Å². The van der Waals surface area contributed by atoms with Crippen LogP contribution >= 0.6 is 0 Å². The van der Waals surface area contributed by atoms with Crippen molar-refractivity contribution in [2.24, 2.45) is 0 Å². The summed E-state index contributed by atoms with van der Waals surface area (Å²) in [6, 6.07) is 0. The summed E-state index contributed by atoms with van der Waals surface area (Å²) in [6.07, 6.45) is 1.08. The maximum atomic E-state index is 6.48. The second-order valence-electron chi connectivity index (χ2n) is 1.61. The van der Waals surface area contributed by atoms with Crippen molar-refractivity contribution in [3.05, 3.63) is 11.4 Å². The van der Waals surface area contributed by atoms with Crippen molar-refractivity contribution in [3.63, 3.8) is 0 Å². The molecule has 0 saturated carbocycles. The zero-order chi connectivity index (χ0) is 6.41. The molecule has 0 N–H and O–H groups in total. The van der Waals surface area contributed by atoms with Crippen molar-refractivity contribution >= 4 is 0 Å². The summed E-state index contributed by atoms with van der Waals surface area (Å²) in [5, 5.41) is 0. The molecule has 0 heterocycles. The molecule has 0 fully saturated rings. The van der Waals surface area contributed by atoms with Crippen molar-refractivity contribution in [1.29, 1.82) is 0 Å². The van der Waals surface area contributed by atoms with Gasteiger partial charge in [0.15, 0.2) is 0 Å². The van der Waals surface area contributed by atoms with E-state index in [2.05, 4.69) is 4.85 Å². The number of hydrogen-bond donors (Lipinski definition) is 0. The topological polar surface area (TPSA) is 13.6 Å². The Morgan fingerprint density at radius 3 is 2.50 bits per heavy atom. The predicted molar refractivity (Wildman–Crippen MR) is 32.6 cm³/mol. The second-order valence-corrected chi connectivity index (χ2v) is 1.61. The third-order valence-electron chi connectivity index (χ3n) is 1.08. The van der Waals surface area contributed by atoms with Crippen molar-refractivity contribution in [2.45, 2.75) is 19.4 Å². The highest BCUT2D eigenvalue weighted by Gasteiger charge is 2.04. The number of methoxy groups -OCH3 is 1. The Hall–Kier alpha value is -0.550. The fraction of sp³-hybridized carbons (Fsp3) is 0.833. The third kappa shape index (κ3) is 2.59. The maximum Gasteiger partial charge on any atom is 0.240 e. The second kappa shape index (κ2) is 4.61. The summed E-state index contributed by atoms with van der Waals surface area (Å²) < 4.78 is 4.93. The largest absolute Gasteiger partial charge is 0.374 e. The van der Waals surface area contributed by atoms with Gasteiger partial charge in [0.05, 0.1) is 0 Å². The molecule has 0 aliphatic carbocycles. The van der Waals surface area contributed by atoms with Crippen molar-refractivity contribution in [3.8, 4) is 0 Å². The van der Waals surface area contributed by atoms with Crippen LogP contribution in [-0.2, 0) is 4.74 Å². The molecule has 2 nitrogen and oxygen atoms in total. The highest BCUT2D eigenvalue weighted by atomic mass is 16.5. The zero-order valence-electron chi connectivity index (χ0n) is 5.35. The van der Waals surface area contributed by atoms with E-state index in [0.29, 0.717) is 6.54 Å². The molecule has 2 heteroatoms. The molecule has 0 aliphatic rings. The van der Waals surface area contributed by atoms with Gasteiger partial charge in [-0.3, -0.25) is 0 Å². The summed E-state index contributed by atoms with van der Waals surface area (Å²) >= 11 is 0. The Balaban J connectivity index is 3.25. The number of nitrogens with zero attached hydrogens (tertiary/aromatic N) is 1. The molecule has 0 aromatic heterocycles. The Kier molecular flexibility index (Phi) is 4.29. The summed E-state index contributed by atoms with van der Waals surface area (Å²) in [7, 11) is 1.64. The van der Waals surface area contributed by atoms with Gasteiger partial charge < -0.3 is 9.58 Å². The number of hydrogen-bond acceptors (Lipinski definition) is 1. The first-order chi connectivity index (χ1) is 3.85. The minimum atomic E-state index is 0.146. The van der Waals surface area contributed by atoms with Gasteiger partial charge in [-0.25, -0.2) is 6.57 Å². The summed E-state index contributed by atoms with van der Waals surface area (Å²) in [4.78, 5) is 3.20. The van der Waals surface area contributed by atoms with Crippen molar-refractivity contribution in [2.75, 3.05) is 13.7 Å². The standard InChI is InChI=1S/C6H11NO/c1-4-6(8-3)5-7-2/h6H,4-5H2,1,3H3. The van der Waals surface area contributed by atoms with Gasteiger partial charge in [0.1, 0.15) is 6.10 Å². The molecule has 0 amide bonds. The molecule has 1 atom stereocenters. The van der Waals surface area contributed by atoms with Gasteiger partial charge in [0, 0.05) is 7.11 Å². The van der Waals surface area contributed by atoms with Gasteiger partial charge in [-0.2, -0.15) is 0 Å². The average Bonchev–Trinajstić information content (AvgIpc) is 1.83. The van der Waals surface area contributed by atoms with Gasteiger partial charge in [-0.05, 0) is 6.42 Å². The maximum absolute atomic E-state index is 6.48. The van der Waals surface area contributed by atoms with Crippen LogP contribution in [0.25, 0.3) is 4.85 Å². The lowest BCUT2D eigenvalue weighted by atomic mass is 10.3. The van der Waals surface area contributed by atoms with E-state index in [4.69, 9.17) is 11.3 Å². The molecule has 0 aliphatic heterocycles. The fourth-order valence-electron chi connectivity index (χ4n) is 0.472. The number of ether oxygens (including phenoxy) is 1. The van der Waals surface area contributed by atoms with E-state index in [1.807, 2.05) is 6.92 Å². The predicted octanol–water partition coefficient (Wildman–Crippen LogP) is 1.33. The van der Waals surface area contributed by atoms with Crippen molar-refractivity contribution < 1.29 is 4.74 Å². The van der Waals surface area contributed by atoms with E-state index < -0.39 is 0 Å². The van der Waals surface area contributed by atoms with Gasteiger partial charge in [0.2, 0.25) is 6.54 Å². The molecule has 8 heavy (non-hydrogen) atoms. The Morgan fingerprint density at radius 1 is 1.75 bits per heavy atom. The molecular formula is C6H11NO. The fourth-order valence-corrected chi connectivity index (χ4v) is 0.472. The molecule has 46 valence electrons. The summed E-state index contributed by atoms with van der Waals surface area (Å²) in [5.74, 6) is 0. The lowest BCUT2D eigenvalue weighted by Gasteiger charge is -2.02. The summed E-state index contributed by atoms with van der Waals surface area (Å²) in [5.41, 5.74) is 0. The molecule has 0 spiro atoms. The van der Waals surface area contributed by atoms with Crippen LogP contribution in [0.5, 0.6) is 0 Å². The van der Waals surface area contributed by atoms with E-state index >= 15 is 0 Å². The highest BCUT2D eigenvalue weighted by Crippen LogP contribution is 1.94. The molecule has 0 aromatic carbocycles. The minimum Gasteiger partial charge on any atom is -0.374 e. The molecule has 0 radical (unpaired) electrons. The molecule has 1 unspecified atom stereocenters. The van der Waals surface area contributed by atoms with Gasteiger partial charge >= 0.3 is 0 Å². The van der Waals surface area contributed by atoms with E-state index in [1.165, 1.54) is 0 Å². The molecule has 0 bridgehead atoms. The van der Waals surface area contributed by atoms with E-state index in [0.717, 1.165) is 6.42 Å². The van der Waals surface area contributed by atoms with Gasteiger partial charge in [0.25, 0.3) is 0 Å². The molecular weight excluding hydrogens is 102 g/mol. The Morgan fingerprint density at radius 2 is 2.38 bits per heavy atom. The normalized spacial score (nSPS) is 12.6. The van der Waals surface area contributed by atoms with Crippen LogP contribution in [0.15, 0.2) is 0 Å². The third-order valence-corrected chi connectivity index (χ3v) is 1.08. The van der Waals surface area contributed by atoms with Crippen LogP contribution in [0.2, 0.25) is 0 Å². The molecule has 0 rings (SSSR count). The Bertz CT molecular complexity index is 81.0. The summed E-state index contributed by atoms with van der Waals surface area (Å²) in [6.45, 7) is 8.99. The number of rotatable bonds is 3. The van der Waals surface area contributed by atoms with Gasteiger partial charge in [-0.15, -0.1) is 0 Å². The average molecular weight is 113 g/mol. The van der Waals surface area contributed by atoms with E-state index in [9.17, 15) is 0 Å². The van der Waals surface area contributed by atoms with Crippen LogP contribution in [0.3, 0.4) is 0 Å². The van der Waals surface area contributed by atoms with E-state index in [1.54, 1.807) is 7.11 Å². The van der Waals surface area contributed by atoms with Crippen LogP contribution in [0.1, 0.15) is 13.3 Å².